The Morgan fingerprint density at radius 2 is 0.954 bits per heavy atom. The molecule has 380 valence electrons. The van der Waals surface area contributed by atoms with Gasteiger partial charge in [0.25, 0.3) is 0 Å². The minimum atomic E-state index is -1.55. The van der Waals surface area contributed by atoms with Gasteiger partial charge in [-0.2, -0.15) is 0 Å². The van der Waals surface area contributed by atoms with Gasteiger partial charge in [0.05, 0.1) is 25.4 Å². The number of aliphatic hydroxyl groups excluding tert-OH is 5. The summed E-state index contributed by atoms with van der Waals surface area (Å²) in [5, 5.41) is 54.0. The Balaban J connectivity index is 1.95. The number of ether oxygens (including phenoxy) is 2. The number of aliphatic hydroxyl groups is 5. The fourth-order valence-corrected chi connectivity index (χ4v) is 8.62. The molecule has 1 amide bonds. The third kappa shape index (κ3) is 35.9. The lowest BCUT2D eigenvalue weighted by Gasteiger charge is -2.40. The van der Waals surface area contributed by atoms with Crippen LogP contribution in [0.25, 0.3) is 0 Å². The number of nitrogens with one attached hydrogen (secondary N) is 1. The van der Waals surface area contributed by atoms with Crippen LogP contribution in [0.15, 0.2) is 48.6 Å². The van der Waals surface area contributed by atoms with Crippen molar-refractivity contribution in [1.82, 2.24) is 5.32 Å². The van der Waals surface area contributed by atoms with Crippen molar-refractivity contribution in [1.29, 1.82) is 0 Å². The molecule has 1 rings (SSSR count). The molecule has 0 aromatic heterocycles. The Labute approximate surface area is 399 Å². The van der Waals surface area contributed by atoms with Crippen molar-refractivity contribution in [3.8, 4) is 0 Å². The summed E-state index contributed by atoms with van der Waals surface area (Å²) in [6.45, 7) is 3.64. The molecule has 9 heteroatoms. The minimum absolute atomic E-state index is 0.138. The monoisotopic (exact) mass is 918 g/mol. The van der Waals surface area contributed by atoms with Gasteiger partial charge in [-0.25, -0.2) is 0 Å². The summed E-state index contributed by atoms with van der Waals surface area (Å²) < 4.78 is 11.2. The van der Waals surface area contributed by atoms with Gasteiger partial charge < -0.3 is 40.3 Å². The van der Waals surface area contributed by atoms with Crippen LogP contribution in [-0.2, 0) is 14.3 Å². The number of carbonyl (C=O) groups is 1. The molecule has 1 aliphatic heterocycles. The lowest BCUT2D eigenvalue weighted by Crippen LogP contribution is -2.60. The third-order valence-electron chi connectivity index (χ3n) is 12.9. The molecule has 65 heavy (non-hydrogen) atoms. The molecule has 9 nitrogen and oxygen atoms in total. The van der Waals surface area contributed by atoms with Crippen LogP contribution in [0.2, 0.25) is 0 Å². The Morgan fingerprint density at radius 3 is 1.42 bits per heavy atom. The summed E-state index contributed by atoms with van der Waals surface area (Å²) in [7, 11) is 0. The minimum Gasteiger partial charge on any atom is -0.394 e. The van der Waals surface area contributed by atoms with E-state index in [0.717, 1.165) is 77.0 Å². The number of carbonyl (C=O) groups excluding carboxylic acids is 1. The fraction of sp³-hybridized carbons (Fsp3) is 0.839. The maximum Gasteiger partial charge on any atom is 0.220 e. The average molecular weight is 918 g/mol. The predicted octanol–water partition coefficient (Wildman–Crippen LogP) is 13.0. The number of allylic oxidation sites excluding steroid dienone is 8. The maximum atomic E-state index is 12.9. The Bertz CT molecular complexity index is 1160. The van der Waals surface area contributed by atoms with E-state index in [1.165, 1.54) is 141 Å². The molecule has 1 heterocycles. The molecule has 0 aromatic carbocycles. The van der Waals surface area contributed by atoms with Gasteiger partial charge in [0, 0.05) is 6.42 Å². The van der Waals surface area contributed by atoms with Crippen molar-refractivity contribution in [3.63, 3.8) is 0 Å². The van der Waals surface area contributed by atoms with Gasteiger partial charge in [-0.3, -0.25) is 4.79 Å². The highest BCUT2D eigenvalue weighted by Crippen LogP contribution is 2.23. The van der Waals surface area contributed by atoms with Crippen LogP contribution in [0.4, 0.5) is 0 Å². The van der Waals surface area contributed by atoms with Crippen molar-refractivity contribution in [2.45, 2.75) is 288 Å². The molecule has 0 saturated carbocycles. The zero-order chi connectivity index (χ0) is 47.3. The van der Waals surface area contributed by atoms with Gasteiger partial charge >= 0.3 is 0 Å². The van der Waals surface area contributed by atoms with Gasteiger partial charge in [0.2, 0.25) is 5.91 Å². The summed E-state index contributed by atoms with van der Waals surface area (Å²) in [6.07, 6.45) is 53.7. The highest BCUT2D eigenvalue weighted by Gasteiger charge is 2.44. The lowest BCUT2D eigenvalue weighted by atomic mass is 9.99. The molecule has 0 aromatic rings. The third-order valence-corrected chi connectivity index (χ3v) is 12.9. The van der Waals surface area contributed by atoms with Crippen molar-refractivity contribution in [2.24, 2.45) is 0 Å². The molecule has 0 spiro atoms. The topological polar surface area (TPSA) is 149 Å². The zero-order valence-electron chi connectivity index (χ0n) is 42.0. The number of hydrogen-bond acceptors (Lipinski definition) is 8. The quantitative estimate of drug-likeness (QED) is 0.0261. The molecule has 0 bridgehead atoms. The standard InChI is InChI=1S/C56H103NO8/c1-3-5-7-9-10-11-12-13-14-15-16-17-18-19-20-21-22-23-24-25-26-27-28-29-30-31-32-33-34-35-36-37-38-39-40-42-44-46-52(60)57-49(50(59)45-43-41-8-6-4-2)48-64-56-55(63)54(62)53(61)51(47-58)65-56/h5,7,10-11,13-14,16-17,49-51,53-56,58-59,61-63H,3-4,6,8-9,12,15,18-48H2,1-2H3,(H,57,60)/b7-5-,11-10-,14-13-,17-16-. The van der Waals surface area contributed by atoms with E-state index in [1.807, 2.05) is 0 Å². The van der Waals surface area contributed by atoms with E-state index in [1.54, 1.807) is 0 Å². The van der Waals surface area contributed by atoms with Crippen LogP contribution in [0.3, 0.4) is 0 Å². The average Bonchev–Trinajstić information content (AvgIpc) is 3.31. The van der Waals surface area contributed by atoms with Gasteiger partial charge in [-0.05, 0) is 51.4 Å². The number of unbranched alkanes of at least 4 members (excludes halogenated alkanes) is 28. The Hall–Kier alpha value is -1.85. The second kappa shape index (κ2) is 45.9. The normalized spacial score (nSPS) is 20.3. The first-order valence-electron chi connectivity index (χ1n) is 27.3. The van der Waals surface area contributed by atoms with Gasteiger partial charge in [-0.1, -0.05) is 236 Å². The van der Waals surface area contributed by atoms with Gasteiger partial charge in [0.1, 0.15) is 24.4 Å². The molecule has 6 N–H and O–H groups in total. The highest BCUT2D eigenvalue weighted by atomic mass is 16.7. The van der Waals surface area contributed by atoms with Crippen molar-refractivity contribution in [2.75, 3.05) is 13.2 Å². The summed E-state index contributed by atoms with van der Waals surface area (Å²) in [6, 6.07) is -0.713. The first-order valence-corrected chi connectivity index (χ1v) is 27.3. The van der Waals surface area contributed by atoms with Crippen molar-refractivity contribution >= 4 is 5.91 Å². The number of amides is 1. The van der Waals surface area contributed by atoms with Gasteiger partial charge in [-0.15, -0.1) is 0 Å². The van der Waals surface area contributed by atoms with Crippen LogP contribution >= 0.6 is 0 Å². The molecule has 7 atom stereocenters. The molecular weight excluding hydrogens is 815 g/mol. The van der Waals surface area contributed by atoms with Crippen molar-refractivity contribution in [3.05, 3.63) is 48.6 Å². The highest BCUT2D eigenvalue weighted by molar-refractivity contribution is 5.76. The largest absolute Gasteiger partial charge is 0.394 e. The molecule has 1 saturated heterocycles. The SMILES string of the molecule is CC/C=C\C/C=C\C/C=C\C/C=C\CCCCCCCCCCCCCCCCCCCCCCCCCCC(=O)NC(COC1OC(CO)C(O)C(O)C1O)C(O)CCCCCCC. The molecule has 1 fully saturated rings. The first kappa shape index (κ1) is 61.2. The summed E-state index contributed by atoms with van der Waals surface area (Å²) in [5.41, 5.74) is 0. The fourth-order valence-electron chi connectivity index (χ4n) is 8.62. The Kier molecular flexibility index (Phi) is 43.2. The molecule has 0 radical (unpaired) electrons. The summed E-state index contributed by atoms with van der Waals surface area (Å²) in [4.78, 5) is 12.9. The van der Waals surface area contributed by atoms with E-state index in [9.17, 15) is 30.3 Å². The first-order chi connectivity index (χ1) is 31.8. The number of rotatable bonds is 46. The van der Waals surface area contributed by atoms with E-state index >= 15 is 0 Å². The maximum absolute atomic E-state index is 12.9. The zero-order valence-corrected chi connectivity index (χ0v) is 42.0. The van der Waals surface area contributed by atoms with E-state index in [-0.39, 0.29) is 12.5 Å². The number of hydrogen-bond donors (Lipinski definition) is 6. The molecule has 0 aliphatic carbocycles. The van der Waals surface area contributed by atoms with E-state index < -0.39 is 49.5 Å². The van der Waals surface area contributed by atoms with Crippen LogP contribution in [0.5, 0.6) is 0 Å². The lowest BCUT2D eigenvalue weighted by molar-refractivity contribution is -0.302. The second-order valence-electron chi connectivity index (χ2n) is 19.0. The van der Waals surface area contributed by atoms with E-state index in [4.69, 9.17) is 9.47 Å². The van der Waals surface area contributed by atoms with E-state index in [0.29, 0.717) is 12.8 Å². The molecule has 1 aliphatic rings. The van der Waals surface area contributed by atoms with Crippen LogP contribution in [-0.4, -0.2) is 87.5 Å². The van der Waals surface area contributed by atoms with Crippen molar-refractivity contribution < 1.29 is 39.8 Å². The van der Waals surface area contributed by atoms with Crippen LogP contribution in [0, 0.1) is 0 Å². The molecular formula is C56H103NO8. The Morgan fingerprint density at radius 1 is 0.538 bits per heavy atom. The van der Waals surface area contributed by atoms with Crippen LogP contribution < -0.4 is 5.32 Å². The smallest absolute Gasteiger partial charge is 0.220 e. The molecule has 7 unspecified atom stereocenters. The summed E-state index contributed by atoms with van der Waals surface area (Å²) >= 11 is 0. The van der Waals surface area contributed by atoms with E-state index in [2.05, 4.69) is 67.8 Å². The predicted molar refractivity (Wildman–Crippen MR) is 272 cm³/mol. The second-order valence-corrected chi connectivity index (χ2v) is 19.0. The van der Waals surface area contributed by atoms with Gasteiger partial charge in [0.15, 0.2) is 6.29 Å². The van der Waals surface area contributed by atoms with Crippen LogP contribution in [0.1, 0.15) is 245 Å². The summed E-state index contributed by atoms with van der Waals surface area (Å²) in [5.74, 6) is -0.148.